The molecule has 3 aromatic heterocycles. The Bertz CT molecular complexity index is 1150. The highest BCUT2D eigenvalue weighted by Crippen LogP contribution is 2.34. The van der Waals surface area contributed by atoms with Crippen LogP contribution < -0.4 is 10.2 Å². The van der Waals surface area contributed by atoms with Crippen LogP contribution >= 0.6 is 0 Å². The zero-order chi connectivity index (χ0) is 23.7. The Morgan fingerprint density at radius 1 is 1.18 bits per heavy atom. The molecule has 5 rings (SSSR count). The Morgan fingerprint density at radius 2 is 1.94 bits per heavy atom. The van der Waals surface area contributed by atoms with Crippen LogP contribution in [0, 0.1) is 5.92 Å². The van der Waals surface area contributed by atoms with Gasteiger partial charge in [-0.15, -0.1) is 0 Å². The lowest BCUT2D eigenvalue weighted by atomic mass is 9.87. The predicted octanol–water partition coefficient (Wildman–Crippen LogP) is 3.83. The molecule has 1 aliphatic heterocycles. The van der Waals surface area contributed by atoms with Gasteiger partial charge in [-0.05, 0) is 56.9 Å². The lowest BCUT2D eigenvalue weighted by Gasteiger charge is -2.27. The number of anilines is 2. The van der Waals surface area contributed by atoms with E-state index in [4.69, 9.17) is 0 Å². The summed E-state index contributed by atoms with van der Waals surface area (Å²) < 4.78 is 30.5. The van der Waals surface area contributed by atoms with Gasteiger partial charge < -0.3 is 15.3 Å². The third-order valence-corrected chi connectivity index (χ3v) is 6.94. The number of alkyl halides is 2. The number of carbonyl (C=O) groups is 1. The maximum Gasteiger partial charge on any atom is 0.284 e. The average molecular weight is 474 g/mol. The molecule has 4 heterocycles. The van der Waals surface area contributed by atoms with Crippen LogP contribution in [0.2, 0.25) is 0 Å². The van der Waals surface area contributed by atoms with Gasteiger partial charge in [0.05, 0.1) is 17.9 Å². The number of nitrogens with zero attached hydrogens (tertiary/aromatic N) is 6. The second kappa shape index (κ2) is 9.65. The van der Waals surface area contributed by atoms with Gasteiger partial charge in [-0.2, -0.15) is 10.2 Å². The number of nitrogens with one attached hydrogen (secondary N) is 1. The quantitative estimate of drug-likeness (QED) is 0.564. The third-order valence-electron chi connectivity index (χ3n) is 6.94. The fraction of sp³-hybridized carbons (Fsp3) is 0.565. The van der Waals surface area contributed by atoms with Gasteiger partial charge in [0.25, 0.3) is 12.3 Å². The molecule has 0 unspecified atom stereocenters. The number of fused-ring (bicyclic) bond motifs is 1. The van der Waals surface area contributed by atoms with Gasteiger partial charge in [0.2, 0.25) is 0 Å². The molecule has 1 aliphatic carbocycles. The van der Waals surface area contributed by atoms with Crippen LogP contribution in [0.4, 0.5) is 20.3 Å². The van der Waals surface area contributed by atoms with Crippen LogP contribution in [0.3, 0.4) is 0 Å². The molecule has 182 valence electrons. The molecule has 2 N–H and O–H groups in total. The molecule has 11 heteroatoms. The molecule has 1 saturated carbocycles. The molecule has 0 aromatic carbocycles. The van der Waals surface area contributed by atoms with Crippen LogP contribution in [-0.2, 0) is 0 Å². The normalized spacial score (nSPS) is 21.4. The summed E-state index contributed by atoms with van der Waals surface area (Å²) in [5, 5.41) is 20.3. The van der Waals surface area contributed by atoms with Gasteiger partial charge in [0.15, 0.2) is 11.3 Å². The number of halogens is 2. The van der Waals surface area contributed by atoms with Gasteiger partial charge in [-0.3, -0.25) is 9.48 Å². The Hall–Kier alpha value is -3.08. The van der Waals surface area contributed by atoms with Crippen molar-refractivity contribution < 1.29 is 18.7 Å². The highest BCUT2D eigenvalue weighted by molar-refractivity contribution is 6.08. The van der Waals surface area contributed by atoms with E-state index >= 15 is 0 Å². The van der Waals surface area contributed by atoms with E-state index < -0.39 is 18.0 Å². The molecule has 0 radical (unpaired) electrons. The summed E-state index contributed by atoms with van der Waals surface area (Å²) in [7, 11) is 0. The van der Waals surface area contributed by atoms with Gasteiger partial charge in [-0.25, -0.2) is 18.3 Å². The fourth-order valence-corrected chi connectivity index (χ4v) is 4.95. The number of hydrogen-bond donors (Lipinski definition) is 2. The van der Waals surface area contributed by atoms with E-state index in [9.17, 15) is 18.7 Å². The van der Waals surface area contributed by atoms with Crippen LogP contribution in [0.15, 0.2) is 24.7 Å². The summed E-state index contributed by atoms with van der Waals surface area (Å²) in [6, 6.07) is 1.84. The number of carbonyl (C=O) groups excluding carboxylic acids is 1. The molecule has 2 fully saturated rings. The number of hydrogen-bond acceptors (Lipinski definition) is 6. The Balaban J connectivity index is 1.38. The van der Waals surface area contributed by atoms with Crippen molar-refractivity contribution in [1.29, 1.82) is 0 Å². The first-order chi connectivity index (χ1) is 16.5. The first-order valence-corrected chi connectivity index (χ1v) is 11.9. The highest BCUT2D eigenvalue weighted by Gasteiger charge is 2.27. The first kappa shape index (κ1) is 22.7. The first-order valence-electron chi connectivity index (χ1n) is 11.9. The number of aliphatic hydroxyl groups excluding tert-OH is 1. The molecule has 0 spiro atoms. The smallest absolute Gasteiger partial charge is 0.284 e. The molecule has 1 amide bonds. The molecule has 3 aromatic rings. The second-order valence-electron chi connectivity index (χ2n) is 9.18. The average Bonchev–Trinajstić information content (AvgIpc) is 3.49. The van der Waals surface area contributed by atoms with Crippen molar-refractivity contribution in [2.75, 3.05) is 29.9 Å². The number of amides is 1. The summed E-state index contributed by atoms with van der Waals surface area (Å²) >= 11 is 0. The molecular formula is C23H29F2N7O2. The minimum absolute atomic E-state index is 0.00387. The van der Waals surface area contributed by atoms with Gasteiger partial charge in [-0.1, -0.05) is 0 Å². The molecule has 9 nitrogen and oxygen atoms in total. The summed E-state index contributed by atoms with van der Waals surface area (Å²) in [5.41, 5.74) is 0.149. The monoisotopic (exact) mass is 473 g/mol. The van der Waals surface area contributed by atoms with Gasteiger partial charge in [0, 0.05) is 32.1 Å². The van der Waals surface area contributed by atoms with Crippen molar-refractivity contribution in [2.45, 2.75) is 57.4 Å². The maximum atomic E-state index is 13.7. The lowest BCUT2D eigenvalue weighted by molar-refractivity contribution is 0.102. The molecule has 2 aliphatic rings. The van der Waals surface area contributed by atoms with E-state index in [1.54, 1.807) is 6.20 Å². The van der Waals surface area contributed by atoms with Crippen molar-refractivity contribution in [3.63, 3.8) is 0 Å². The zero-order valence-electron chi connectivity index (χ0n) is 18.9. The van der Waals surface area contributed by atoms with Crippen LogP contribution in [-0.4, -0.2) is 55.1 Å². The van der Waals surface area contributed by atoms with Crippen molar-refractivity contribution in [2.24, 2.45) is 5.92 Å². The molecule has 34 heavy (non-hydrogen) atoms. The summed E-state index contributed by atoms with van der Waals surface area (Å²) in [6.07, 6.45) is 8.36. The van der Waals surface area contributed by atoms with E-state index in [2.05, 4.69) is 25.4 Å². The Kier molecular flexibility index (Phi) is 6.44. The summed E-state index contributed by atoms with van der Waals surface area (Å²) in [5.74, 6) is 0.476. The van der Waals surface area contributed by atoms with Gasteiger partial charge in [0.1, 0.15) is 11.4 Å². The van der Waals surface area contributed by atoms with Crippen molar-refractivity contribution in [3.8, 4) is 0 Å². The predicted molar refractivity (Wildman–Crippen MR) is 122 cm³/mol. The third kappa shape index (κ3) is 4.48. The zero-order valence-corrected chi connectivity index (χ0v) is 18.9. The Morgan fingerprint density at radius 3 is 2.65 bits per heavy atom. The number of aliphatic hydroxyl groups is 1. The topological polar surface area (TPSA) is 101 Å². The molecular weight excluding hydrogens is 444 g/mol. The maximum absolute atomic E-state index is 13.7. The van der Waals surface area contributed by atoms with E-state index in [-0.39, 0.29) is 29.8 Å². The molecule has 0 bridgehead atoms. The Labute approximate surface area is 195 Å². The largest absolute Gasteiger partial charge is 0.396 e. The van der Waals surface area contributed by atoms with Crippen molar-refractivity contribution in [3.05, 3.63) is 35.9 Å². The van der Waals surface area contributed by atoms with E-state index in [1.807, 2.05) is 6.07 Å². The number of piperidine rings is 1. The van der Waals surface area contributed by atoms with E-state index in [0.29, 0.717) is 5.65 Å². The van der Waals surface area contributed by atoms with E-state index in [1.165, 1.54) is 28.0 Å². The molecule has 1 saturated heterocycles. The minimum atomic E-state index is -2.82. The van der Waals surface area contributed by atoms with Crippen molar-refractivity contribution >= 4 is 23.1 Å². The number of aromatic nitrogens is 5. The minimum Gasteiger partial charge on any atom is -0.396 e. The second-order valence-corrected chi connectivity index (χ2v) is 9.18. The summed E-state index contributed by atoms with van der Waals surface area (Å²) in [4.78, 5) is 19.9. The standard InChI is InChI=1S/C23H29F2N7O2/c24-21(25)20-18(13-32(29-20)16-6-4-15(14-33)5-7-16)27-23(34)17-12-26-31-11-8-19(28-22(17)31)30-9-2-1-3-10-30/h8,11-13,15-16,21,33H,1-7,9-10,14H2,(H,27,34)/t15-,16-. The SMILES string of the molecule is O=C(Nc1cn([C@H]2CC[C@H](CO)CC2)nc1C(F)F)c1cnn2ccc(N3CCCCC3)nc12. The highest BCUT2D eigenvalue weighted by atomic mass is 19.3. The lowest BCUT2D eigenvalue weighted by Crippen LogP contribution is -2.30. The van der Waals surface area contributed by atoms with Crippen LogP contribution in [0.25, 0.3) is 5.65 Å². The van der Waals surface area contributed by atoms with Crippen molar-refractivity contribution in [1.82, 2.24) is 24.4 Å². The van der Waals surface area contributed by atoms with Gasteiger partial charge >= 0.3 is 0 Å². The summed E-state index contributed by atoms with van der Waals surface area (Å²) in [6.45, 7) is 1.97. The molecule has 0 atom stereocenters. The number of rotatable bonds is 6. The fourth-order valence-electron chi connectivity index (χ4n) is 4.95. The van der Waals surface area contributed by atoms with Crippen LogP contribution in [0.1, 0.15) is 73.5 Å². The van der Waals surface area contributed by atoms with E-state index in [0.717, 1.165) is 57.4 Å². The van der Waals surface area contributed by atoms with Crippen LogP contribution in [0.5, 0.6) is 0 Å².